The van der Waals surface area contributed by atoms with Crippen LogP contribution in [0, 0.1) is 5.82 Å². The predicted octanol–water partition coefficient (Wildman–Crippen LogP) is 1.47. The number of benzene rings is 1. The number of carbonyl (C=O) groups excluding carboxylic acids is 1. The van der Waals surface area contributed by atoms with Gasteiger partial charge in [0.2, 0.25) is 0 Å². The lowest BCUT2D eigenvalue weighted by Gasteiger charge is -2.20. The molecule has 1 aliphatic heterocycles. The minimum atomic E-state index is -1.42. The molecular formula is C13H10FNO4S2. The van der Waals surface area contributed by atoms with E-state index in [1.807, 2.05) is 0 Å². The summed E-state index contributed by atoms with van der Waals surface area (Å²) >= 11 is 5.89. The monoisotopic (exact) mass is 327 g/mol. The molecule has 0 bridgehead atoms. The van der Waals surface area contributed by atoms with Gasteiger partial charge in [-0.1, -0.05) is 36.1 Å². The molecule has 1 unspecified atom stereocenters. The molecule has 8 heteroatoms. The van der Waals surface area contributed by atoms with Gasteiger partial charge >= 0.3 is 5.97 Å². The van der Waals surface area contributed by atoms with E-state index in [0.717, 1.165) is 16.7 Å². The number of amides is 1. The number of carbonyl (C=O) groups is 2. The maximum Gasteiger partial charge on any atom is 0.329 e. The van der Waals surface area contributed by atoms with Crippen molar-refractivity contribution in [3.8, 4) is 0 Å². The lowest BCUT2D eigenvalue weighted by Crippen LogP contribution is -2.46. The summed E-state index contributed by atoms with van der Waals surface area (Å²) in [6, 6.07) is 4.20. The van der Waals surface area contributed by atoms with Crippen LogP contribution < -0.4 is 0 Å². The largest absolute Gasteiger partial charge is 0.480 e. The summed E-state index contributed by atoms with van der Waals surface area (Å²) in [4.78, 5) is 24.3. The predicted molar refractivity (Wildman–Crippen MR) is 79.9 cm³/mol. The highest BCUT2D eigenvalue weighted by molar-refractivity contribution is 8.26. The maximum absolute atomic E-state index is 13.1. The molecule has 0 spiro atoms. The van der Waals surface area contributed by atoms with E-state index < -0.39 is 30.3 Å². The minimum absolute atomic E-state index is 0.0455. The van der Waals surface area contributed by atoms with Gasteiger partial charge < -0.3 is 10.2 Å². The van der Waals surface area contributed by atoms with Crippen LogP contribution >= 0.6 is 24.0 Å². The zero-order valence-electron chi connectivity index (χ0n) is 10.5. The highest BCUT2D eigenvalue weighted by Gasteiger charge is 2.40. The molecule has 1 heterocycles. The molecular weight excluding hydrogens is 317 g/mol. The number of thiocarbonyl (C=S) groups is 1. The molecule has 1 amide bonds. The van der Waals surface area contributed by atoms with Crippen molar-refractivity contribution in [3.63, 3.8) is 0 Å². The number of hydrogen-bond donors (Lipinski definition) is 2. The first-order valence-electron chi connectivity index (χ1n) is 5.80. The number of aliphatic carboxylic acids is 1. The molecule has 1 fully saturated rings. The Balaban J connectivity index is 2.31. The number of carboxylic acids is 1. The van der Waals surface area contributed by atoms with Gasteiger partial charge in [0.1, 0.15) is 10.1 Å². The molecule has 110 valence electrons. The Morgan fingerprint density at radius 1 is 1.52 bits per heavy atom. The number of carboxylic acid groups (broad SMARTS) is 1. The number of aliphatic hydroxyl groups is 1. The molecule has 1 aliphatic rings. The quantitative estimate of drug-likeness (QED) is 0.644. The fraction of sp³-hybridized carbons (Fsp3) is 0.154. The van der Waals surface area contributed by atoms with E-state index in [0.29, 0.717) is 5.56 Å². The van der Waals surface area contributed by atoms with Gasteiger partial charge in [0.25, 0.3) is 5.91 Å². The molecule has 2 N–H and O–H groups in total. The third kappa shape index (κ3) is 3.29. The lowest BCUT2D eigenvalue weighted by atomic mass is 10.2. The molecule has 21 heavy (non-hydrogen) atoms. The topological polar surface area (TPSA) is 77.8 Å². The molecule has 0 aliphatic carbocycles. The van der Waals surface area contributed by atoms with Gasteiger partial charge in [0.15, 0.2) is 6.04 Å². The van der Waals surface area contributed by atoms with E-state index >= 15 is 0 Å². The second kappa shape index (κ2) is 6.33. The number of hydrogen-bond acceptors (Lipinski definition) is 5. The average molecular weight is 327 g/mol. The van der Waals surface area contributed by atoms with E-state index in [4.69, 9.17) is 22.4 Å². The highest BCUT2D eigenvalue weighted by atomic mass is 32.2. The van der Waals surface area contributed by atoms with Crippen LogP contribution in [0.25, 0.3) is 6.08 Å². The fourth-order valence-electron chi connectivity index (χ4n) is 1.77. The molecule has 5 nitrogen and oxygen atoms in total. The Hall–Kier alpha value is -1.77. The summed E-state index contributed by atoms with van der Waals surface area (Å²) in [5.74, 6) is -2.41. The molecule has 0 radical (unpaired) electrons. The van der Waals surface area contributed by atoms with Gasteiger partial charge in [-0.3, -0.25) is 9.69 Å². The summed E-state index contributed by atoms with van der Waals surface area (Å²) in [7, 11) is 0. The van der Waals surface area contributed by atoms with Crippen LogP contribution in [0.2, 0.25) is 0 Å². The molecule has 1 saturated heterocycles. The van der Waals surface area contributed by atoms with Crippen molar-refractivity contribution < 1.29 is 24.2 Å². The van der Waals surface area contributed by atoms with Crippen LogP contribution in [0.1, 0.15) is 5.56 Å². The Morgan fingerprint density at radius 2 is 2.24 bits per heavy atom. The van der Waals surface area contributed by atoms with Gasteiger partial charge in [0, 0.05) is 0 Å². The molecule has 1 atom stereocenters. The smallest absolute Gasteiger partial charge is 0.329 e. The van der Waals surface area contributed by atoms with Crippen LogP contribution in [0.5, 0.6) is 0 Å². The van der Waals surface area contributed by atoms with E-state index in [1.54, 1.807) is 6.07 Å². The first-order valence-corrected chi connectivity index (χ1v) is 7.03. The fourth-order valence-corrected chi connectivity index (χ4v) is 3.12. The molecule has 1 aromatic rings. The van der Waals surface area contributed by atoms with Crippen LogP contribution in [-0.4, -0.2) is 44.0 Å². The van der Waals surface area contributed by atoms with Crippen LogP contribution in [0.4, 0.5) is 4.39 Å². The molecule has 2 rings (SSSR count). The molecule has 1 aromatic carbocycles. The van der Waals surface area contributed by atoms with Crippen molar-refractivity contribution >= 4 is 46.3 Å². The van der Waals surface area contributed by atoms with E-state index in [-0.39, 0.29) is 9.23 Å². The molecule has 0 aromatic heterocycles. The van der Waals surface area contributed by atoms with Crippen molar-refractivity contribution in [2.24, 2.45) is 0 Å². The van der Waals surface area contributed by atoms with Gasteiger partial charge in [-0.05, 0) is 23.8 Å². The third-order valence-corrected chi connectivity index (χ3v) is 4.07. The van der Waals surface area contributed by atoms with Gasteiger partial charge in [-0.25, -0.2) is 9.18 Å². The zero-order chi connectivity index (χ0) is 15.6. The van der Waals surface area contributed by atoms with Crippen molar-refractivity contribution in [2.75, 3.05) is 6.61 Å². The van der Waals surface area contributed by atoms with Crippen LogP contribution in [0.15, 0.2) is 29.2 Å². The van der Waals surface area contributed by atoms with Crippen LogP contribution in [-0.2, 0) is 9.59 Å². The number of halogens is 1. The number of nitrogens with zero attached hydrogens (tertiary/aromatic N) is 1. The van der Waals surface area contributed by atoms with Gasteiger partial charge in [0.05, 0.1) is 11.5 Å². The zero-order valence-corrected chi connectivity index (χ0v) is 12.2. The van der Waals surface area contributed by atoms with E-state index in [9.17, 15) is 14.0 Å². The molecule has 0 saturated carbocycles. The van der Waals surface area contributed by atoms with Crippen molar-refractivity contribution in [1.29, 1.82) is 0 Å². The maximum atomic E-state index is 13.1. The average Bonchev–Trinajstić information content (AvgIpc) is 2.67. The Kier molecular flexibility index (Phi) is 4.71. The summed E-state index contributed by atoms with van der Waals surface area (Å²) in [6.45, 7) is -0.741. The van der Waals surface area contributed by atoms with Crippen LogP contribution in [0.3, 0.4) is 0 Å². The Morgan fingerprint density at radius 3 is 2.81 bits per heavy atom. The summed E-state index contributed by atoms with van der Waals surface area (Å²) in [6.07, 6.45) is 1.43. The summed E-state index contributed by atoms with van der Waals surface area (Å²) in [5.41, 5.74) is 0.464. The Bertz CT molecular complexity index is 647. The summed E-state index contributed by atoms with van der Waals surface area (Å²) in [5, 5.41) is 18.1. The number of thioether (sulfide) groups is 1. The first-order chi connectivity index (χ1) is 9.93. The van der Waals surface area contributed by atoms with Crippen molar-refractivity contribution in [1.82, 2.24) is 4.90 Å². The second-order valence-corrected chi connectivity index (χ2v) is 5.82. The van der Waals surface area contributed by atoms with Crippen molar-refractivity contribution in [3.05, 3.63) is 40.6 Å². The Labute approximate surface area is 129 Å². The van der Waals surface area contributed by atoms with E-state index in [1.165, 1.54) is 24.3 Å². The SMILES string of the molecule is O=C(O)C(CO)N1C(=O)/C(=C/c2cccc(F)c2)SC1=S. The van der Waals surface area contributed by atoms with Crippen molar-refractivity contribution in [2.45, 2.75) is 6.04 Å². The van der Waals surface area contributed by atoms with E-state index in [2.05, 4.69) is 0 Å². The van der Waals surface area contributed by atoms with Gasteiger partial charge in [-0.15, -0.1) is 0 Å². The lowest BCUT2D eigenvalue weighted by molar-refractivity contribution is -0.146. The number of aliphatic hydroxyl groups excluding tert-OH is 1. The highest BCUT2D eigenvalue weighted by Crippen LogP contribution is 2.34. The number of rotatable bonds is 4. The second-order valence-electron chi connectivity index (χ2n) is 4.14. The standard InChI is InChI=1S/C13H10FNO4S2/c14-8-3-1-2-7(4-8)5-10-11(17)15(13(20)21-10)9(6-16)12(18)19/h1-5,9,16H,6H2,(H,18,19)/b10-5-. The summed E-state index contributed by atoms with van der Waals surface area (Å²) < 4.78 is 13.2. The normalized spacial score (nSPS) is 18.4. The first kappa shape index (κ1) is 15.6. The minimum Gasteiger partial charge on any atom is -0.480 e. The third-order valence-electron chi connectivity index (χ3n) is 2.74. The van der Waals surface area contributed by atoms with Gasteiger partial charge in [-0.2, -0.15) is 0 Å².